The first-order valence-corrected chi connectivity index (χ1v) is 8.16. The molecule has 5 nitrogen and oxygen atoms in total. The van der Waals surface area contributed by atoms with E-state index in [1.54, 1.807) is 11.3 Å². The van der Waals surface area contributed by atoms with Crippen LogP contribution in [0.3, 0.4) is 0 Å². The van der Waals surface area contributed by atoms with Gasteiger partial charge in [0.2, 0.25) is 4.96 Å². The van der Waals surface area contributed by atoms with E-state index >= 15 is 0 Å². The van der Waals surface area contributed by atoms with Crippen LogP contribution in [0.25, 0.3) is 4.96 Å². The van der Waals surface area contributed by atoms with Crippen LogP contribution in [0.1, 0.15) is 61.2 Å². The van der Waals surface area contributed by atoms with Crippen molar-refractivity contribution < 1.29 is 0 Å². The summed E-state index contributed by atoms with van der Waals surface area (Å²) in [4.78, 5) is 0.975. The van der Waals surface area contributed by atoms with E-state index in [1.165, 1.54) is 43.5 Å². The van der Waals surface area contributed by atoms with Gasteiger partial charge in [0.1, 0.15) is 5.01 Å². The molecule has 1 atom stereocenters. The highest BCUT2D eigenvalue weighted by atomic mass is 32.1. The number of rotatable bonds is 2. The second-order valence-electron chi connectivity index (χ2n) is 5.72. The van der Waals surface area contributed by atoms with E-state index in [0.29, 0.717) is 11.8 Å². The van der Waals surface area contributed by atoms with Crippen molar-refractivity contribution >= 4 is 16.3 Å². The molecule has 2 fully saturated rings. The maximum absolute atomic E-state index is 4.80. The third kappa shape index (κ3) is 2.07. The van der Waals surface area contributed by atoms with Crippen LogP contribution in [0.5, 0.6) is 0 Å². The largest absolute Gasteiger partial charge is 0.316 e. The van der Waals surface area contributed by atoms with Crippen molar-refractivity contribution in [3.05, 3.63) is 10.8 Å². The second-order valence-corrected chi connectivity index (χ2v) is 6.71. The van der Waals surface area contributed by atoms with Gasteiger partial charge in [0, 0.05) is 18.4 Å². The average Bonchev–Trinajstić information content (AvgIpc) is 3.15. The van der Waals surface area contributed by atoms with Crippen LogP contribution in [-0.4, -0.2) is 32.9 Å². The van der Waals surface area contributed by atoms with Crippen LogP contribution in [0.4, 0.5) is 0 Å². The number of fused-ring (bicyclic) bond motifs is 1. The van der Waals surface area contributed by atoms with Gasteiger partial charge in [-0.15, -0.1) is 10.2 Å². The summed E-state index contributed by atoms with van der Waals surface area (Å²) < 4.78 is 2.02. The van der Waals surface area contributed by atoms with E-state index in [1.807, 2.05) is 4.52 Å². The summed E-state index contributed by atoms with van der Waals surface area (Å²) in [6, 6.07) is 0. The first-order valence-electron chi connectivity index (χ1n) is 7.34. The molecule has 2 aromatic heterocycles. The Labute approximate surface area is 116 Å². The average molecular weight is 277 g/mol. The predicted octanol–water partition coefficient (Wildman–Crippen LogP) is 2.31. The van der Waals surface area contributed by atoms with Crippen LogP contribution >= 0.6 is 11.3 Å². The van der Waals surface area contributed by atoms with Gasteiger partial charge in [0.25, 0.3) is 0 Å². The standard InChI is InChI=1S/C13H19N5S/c1-2-4-9(5-3-1)11-15-16-13-18(11)17-12(19-13)10-6-7-14-8-10/h9-10,14H,1-8H2. The molecule has 4 rings (SSSR count). The highest BCUT2D eigenvalue weighted by Gasteiger charge is 2.25. The fourth-order valence-electron chi connectivity index (χ4n) is 3.29. The molecule has 3 heterocycles. The van der Waals surface area contributed by atoms with E-state index in [0.717, 1.165) is 23.9 Å². The monoisotopic (exact) mass is 277 g/mol. The molecule has 6 heteroatoms. The Balaban J connectivity index is 1.67. The van der Waals surface area contributed by atoms with Gasteiger partial charge in [-0.2, -0.15) is 9.61 Å². The number of aromatic nitrogens is 4. The van der Waals surface area contributed by atoms with Crippen LogP contribution in [0.2, 0.25) is 0 Å². The minimum Gasteiger partial charge on any atom is -0.316 e. The van der Waals surface area contributed by atoms with Crippen molar-refractivity contribution in [3.63, 3.8) is 0 Å². The minimum absolute atomic E-state index is 0.570. The van der Waals surface area contributed by atoms with E-state index in [4.69, 9.17) is 5.10 Å². The maximum Gasteiger partial charge on any atom is 0.234 e. The van der Waals surface area contributed by atoms with Crippen molar-refractivity contribution in [2.75, 3.05) is 13.1 Å². The molecule has 0 bridgehead atoms. The number of nitrogens with one attached hydrogen (secondary N) is 1. The van der Waals surface area contributed by atoms with Crippen LogP contribution in [0.15, 0.2) is 0 Å². The Hall–Kier alpha value is -1.01. The second kappa shape index (κ2) is 4.83. The highest BCUT2D eigenvalue weighted by molar-refractivity contribution is 7.16. The first kappa shape index (κ1) is 11.8. The molecule has 1 aliphatic heterocycles. The smallest absolute Gasteiger partial charge is 0.234 e. The number of hydrogen-bond acceptors (Lipinski definition) is 5. The zero-order valence-electron chi connectivity index (χ0n) is 11.0. The molecule has 1 aliphatic carbocycles. The van der Waals surface area contributed by atoms with Crippen LogP contribution in [0, 0.1) is 0 Å². The molecule has 1 unspecified atom stereocenters. The lowest BCUT2D eigenvalue weighted by Gasteiger charge is -2.18. The number of hydrogen-bond donors (Lipinski definition) is 1. The van der Waals surface area contributed by atoms with Crippen LogP contribution < -0.4 is 5.32 Å². The Kier molecular flexibility index (Phi) is 3.00. The molecule has 2 aliphatic rings. The molecular formula is C13H19N5S. The van der Waals surface area contributed by atoms with Gasteiger partial charge in [0.05, 0.1) is 0 Å². The predicted molar refractivity (Wildman–Crippen MR) is 74.7 cm³/mol. The topological polar surface area (TPSA) is 55.1 Å². The lowest BCUT2D eigenvalue weighted by molar-refractivity contribution is 0.422. The van der Waals surface area contributed by atoms with Gasteiger partial charge in [-0.1, -0.05) is 30.6 Å². The summed E-state index contributed by atoms with van der Waals surface area (Å²) >= 11 is 1.72. The van der Waals surface area contributed by atoms with Gasteiger partial charge in [-0.05, 0) is 25.8 Å². The lowest BCUT2D eigenvalue weighted by atomic mass is 9.89. The molecular weight excluding hydrogens is 258 g/mol. The molecule has 102 valence electrons. The maximum atomic E-state index is 4.80. The SMILES string of the molecule is C1CCC(c2nnc3sc(C4CCNC4)nn23)CC1. The molecule has 1 N–H and O–H groups in total. The fourth-order valence-corrected chi connectivity index (χ4v) is 4.27. The molecule has 1 saturated carbocycles. The van der Waals surface area contributed by atoms with Crippen molar-refractivity contribution in [2.24, 2.45) is 0 Å². The van der Waals surface area contributed by atoms with E-state index in [-0.39, 0.29) is 0 Å². The minimum atomic E-state index is 0.570. The molecule has 0 aromatic carbocycles. The zero-order valence-corrected chi connectivity index (χ0v) is 11.8. The van der Waals surface area contributed by atoms with E-state index in [2.05, 4.69) is 15.5 Å². The highest BCUT2D eigenvalue weighted by Crippen LogP contribution is 2.33. The van der Waals surface area contributed by atoms with Crippen molar-refractivity contribution in [1.29, 1.82) is 0 Å². The lowest BCUT2D eigenvalue weighted by Crippen LogP contribution is -2.10. The van der Waals surface area contributed by atoms with E-state index in [9.17, 15) is 0 Å². The molecule has 2 aromatic rings. The Morgan fingerprint density at radius 1 is 1.05 bits per heavy atom. The zero-order chi connectivity index (χ0) is 12.7. The Morgan fingerprint density at radius 2 is 1.95 bits per heavy atom. The summed E-state index contributed by atoms with van der Waals surface area (Å²) in [6.07, 6.45) is 7.71. The van der Waals surface area contributed by atoms with Crippen molar-refractivity contribution in [1.82, 2.24) is 25.1 Å². The van der Waals surface area contributed by atoms with Gasteiger partial charge >= 0.3 is 0 Å². The van der Waals surface area contributed by atoms with Crippen molar-refractivity contribution in [3.8, 4) is 0 Å². The normalized spacial score (nSPS) is 25.4. The van der Waals surface area contributed by atoms with Gasteiger partial charge in [-0.25, -0.2) is 0 Å². The van der Waals surface area contributed by atoms with Gasteiger partial charge in [-0.3, -0.25) is 0 Å². The number of nitrogens with zero attached hydrogens (tertiary/aromatic N) is 4. The Bertz CT molecular complexity index is 563. The fraction of sp³-hybridized carbons (Fsp3) is 0.769. The first-order chi connectivity index (χ1) is 9.42. The van der Waals surface area contributed by atoms with Crippen LogP contribution in [-0.2, 0) is 0 Å². The molecule has 0 amide bonds. The molecule has 0 radical (unpaired) electrons. The Morgan fingerprint density at radius 3 is 2.74 bits per heavy atom. The summed E-state index contributed by atoms with van der Waals surface area (Å²) in [5, 5.41) is 18.2. The van der Waals surface area contributed by atoms with Gasteiger partial charge < -0.3 is 5.32 Å². The summed E-state index contributed by atoms with van der Waals surface area (Å²) in [7, 11) is 0. The molecule has 1 saturated heterocycles. The quantitative estimate of drug-likeness (QED) is 0.915. The van der Waals surface area contributed by atoms with Gasteiger partial charge in [0.15, 0.2) is 5.82 Å². The molecule has 0 spiro atoms. The third-order valence-electron chi connectivity index (χ3n) is 4.41. The molecule has 19 heavy (non-hydrogen) atoms. The summed E-state index contributed by atoms with van der Waals surface area (Å²) in [5.41, 5.74) is 0. The third-order valence-corrected chi connectivity index (χ3v) is 5.47. The summed E-state index contributed by atoms with van der Waals surface area (Å²) in [5.74, 6) is 2.24. The van der Waals surface area contributed by atoms with Crippen molar-refractivity contribution in [2.45, 2.75) is 50.4 Å². The van der Waals surface area contributed by atoms with E-state index < -0.39 is 0 Å². The summed E-state index contributed by atoms with van der Waals surface area (Å²) in [6.45, 7) is 2.17.